The number of carbonyl (C=O) groups is 1. The first-order chi connectivity index (χ1) is 13.6. The summed E-state index contributed by atoms with van der Waals surface area (Å²) in [7, 11) is 0. The van der Waals surface area contributed by atoms with Crippen molar-refractivity contribution in [2.75, 3.05) is 19.7 Å². The van der Waals surface area contributed by atoms with Gasteiger partial charge in [-0.2, -0.15) is 0 Å². The normalized spacial score (nSPS) is 10.6. The number of urea groups is 1. The van der Waals surface area contributed by atoms with Crippen molar-refractivity contribution in [1.29, 1.82) is 0 Å². The first-order valence-corrected chi connectivity index (χ1v) is 9.33. The van der Waals surface area contributed by atoms with Crippen molar-refractivity contribution in [1.82, 2.24) is 20.2 Å². The molecule has 0 spiro atoms. The van der Waals surface area contributed by atoms with E-state index in [1.165, 1.54) is 0 Å². The van der Waals surface area contributed by atoms with E-state index in [4.69, 9.17) is 16.3 Å². The van der Waals surface area contributed by atoms with Crippen molar-refractivity contribution >= 4 is 28.5 Å². The molecule has 2 amide bonds. The molecule has 0 fully saturated rings. The number of para-hydroxylation sites is 1. The Labute approximate surface area is 167 Å². The van der Waals surface area contributed by atoms with Crippen molar-refractivity contribution in [2.45, 2.75) is 13.5 Å². The second kappa shape index (κ2) is 9.23. The van der Waals surface area contributed by atoms with Gasteiger partial charge < -0.3 is 19.9 Å². The molecule has 0 bridgehead atoms. The molecular formula is C20H21ClN4O3. The number of rotatable bonds is 7. The largest absolute Gasteiger partial charge is 0.492 e. The number of hydrogen-bond donors (Lipinski definition) is 2. The molecule has 0 aliphatic carbocycles. The smallest absolute Gasteiger partial charge is 0.317 e. The molecular weight excluding hydrogens is 380 g/mol. The van der Waals surface area contributed by atoms with E-state index in [0.29, 0.717) is 47.2 Å². The Balaban J connectivity index is 1.55. The number of ether oxygens (including phenoxy) is 1. The predicted octanol–water partition coefficient (Wildman–Crippen LogP) is 3.19. The van der Waals surface area contributed by atoms with Crippen molar-refractivity contribution < 1.29 is 9.53 Å². The molecule has 2 N–H and O–H groups in total. The van der Waals surface area contributed by atoms with Crippen molar-refractivity contribution in [3.05, 3.63) is 69.7 Å². The van der Waals surface area contributed by atoms with E-state index < -0.39 is 0 Å². The summed E-state index contributed by atoms with van der Waals surface area (Å²) < 4.78 is 5.56. The lowest BCUT2D eigenvalue weighted by atomic mass is 10.2. The third-order valence-corrected chi connectivity index (χ3v) is 4.38. The quantitative estimate of drug-likeness (QED) is 0.596. The van der Waals surface area contributed by atoms with Crippen LogP contribution in [0, 0.1) is 0 Å². The Morgan fingerprint density at radius 2 is 1.96 bits per heavy atom. The maximum atomic E-state index is 12.4. The Morgan fingerprint density at radius 3 is 2.71 bits per heavy atom. The summed E-state index contributed by atoms with van der Waals surface area (Å²) in [6.07, 6.45) is 0. The third-order valence-electron chi connectivity index (χ3n) is 4.13. The molecule has 1 aromatic heterocycles. The number of nitrogens with one attached hydrogen (secondary N) is 2. The molecule has 0 unspecified atom stereocenters. The average molecular weight is 401 g/mol. The molecule has 0 aliphatic heterocycles. The van der Waals surface area contributed by atoms with Gasteiger partial charge in [0.05, 0.1) is 24.0 Å². The van der Waals surface area contributed by atoms with Gasteiger partial charge in [0, 0.05) is 11.6 Å². The number of fused-ring (bicyclic) bond motifs is 1. The number of amides is 2. The van der Waals surface area contributed by atoms with E-state index in [1.807, 2.05) is 13.0 Å². The lowest BCUT2D eigenvalue weighted by Gasteiger charge is -2.21. The number of hydrogen-bond acceptors (Lipinski definition) is 4. The number of aromatic nitrogens is 2. The number of halogens is 1. The summed E-state index contributed by atoms with van der Waals surface area (Å²) in [6, 6.07) is 13.9. The highest BCUT2D eigenvalue weighted by molar-refractivity contribution is 6.30. The second-order valence-corrected chi connectivity index (χ2v) is 6.51. The summed E-state index contributed by atoms with van der Waals surface area (Å²) in [4.78, 5) is 33.3. The van der Waals surface area contributed by atoms with E-state index in [-0.39, 0.29) is 18.1 Å². The SMILES string of the molecule is CCN(Cc1nc2ccccc2c(=O)[nH]1)C(=O)NCCOc1ccc(Cl)cc1. The molecule has 2 aromatic carbocycles. The fourth-order valence-corrected chi connectivity index (χ4v) is 2.81. The van der Waals surface area contributed by atoms with Crippen LogP contribution in [0.1, 0.15) is 12.7 Å². The molecule has 0 atom stereocenters. The minimum Gasteiger partial charge on any atom is -0.492 e. The fraction of sp³-hybridized carbons (Fsp3) is 0.250. The van der Waals surface area contributed by atoms with E-state index in [0.717, 1.165) is 0 Å². The van der Waals surface area contributed by atoms with Crippen LogP contribution in [0.3, 0.4) is 0 Å². The molecule has 3 rings (SSSR count). The van der Waals surface area contributed by atoms with Gasteiger partial charge in [0.1, 0.15) is 18.2 Å². The Hall–Kier alpha value is -3.06. The van der Waals surface area contributed by atoms with Gasteiger partial charge in [0.25, 0.3) is 5.56 Å². The van der Waals surface area contributed by atoms with Crippen LogP contribution in [0.5, 0.6) is 5.75 Å². The molecule has 146 valence electrons. The van der Waals surface area contributed by atoms with Crippen molar-refractivity contribution in [2.24, 2.45) is 0 Å². The van der Waals surface area contributed by atoms with E-state index >= 15 is 0 Å². The predicted molar refractivity (Wildman–Crippen MR) is 109 cm³/mol. The number of carbonyl (C=O) groups excluding carboxylic acids is 1. The molecule has 0 aliphatic rings. The zero-order chi connectivity index (χ0) is 19.9. The number of nitrogens with zero attached hydrogens (tertiary/aromatic N) is 2. The first kappa shape index (κ1) is 19.7. The van der Waals surface area contributed by atoms with Crippen LogP contribution in [0.15, 0.2) is 53.3 Å². The molecule has 0 saturated carbocycles. The molecule has 0 saturated heterocycles. The van der Waals surface area contributed by atoms with E-state index in [2.05, 4.69) is 15.3 Å². The lowest BCUT2D eigenvalue weighted by Crippen LogP contribution is -2.41. The molecule has 7 nitrogen and oxygen atoms in total. The maximum Gasteiger partial charge on any atom is 0.317 e. The van der Waals surface area contributed by atoms with Crippen LogP contribution in [-0.2, 0) is 6.54 Å². The zero-order valence-corrected chi connectivity index (χ0v) is 16.2. The minimum atomic E-state index is -0.252. The van der Waals surface area contributed by atoms with E-state index in [9.17, 15) is 9.59 Å². The highest BCUT2D eigenvalue weighted by Crippen LogP contribution is 2.15. The summed E-state index contributed by atoms with van der Waals surface area (Å²) >= 11 is 5.83. The van der Waals surface area contributed by atoms with Gasteiger partial charge >= 0.3 is 6.03 Å². The molecule has 0 radical (unpaired) electrons. The van der Waals surface area contributed by atoms with Gasteiger partial charge in [-0.3, -0.25) is 4.79 Å². The molecule has 1 heterocycles. The molecule has 3 aromatic rings. The Morgan fingerprint density at radius 1 is 1.21 bits per heavy atom. The summed E-state index contributed by atoms with van der Waals surface area (Å²) in [5.41, 5.74) is 0.391. The average Bonchev–Trinajstić information content (AvgIpc) is 2.70. The summed E-state index contributed by atoms with van der Waals surface area (Å²) in [6.45, 7) is 3.22. The fourth-order valence-electron chi connectivity index (χ4n) is 2.69. The summed E-state index contributed by atoms with van der Waals surface area (Å²) in [5.74, 6) is 1.13. The lowest BCUT2D eigenvalue weighted by molar-refractivity contribution is 0.193. The van der Waals surface area contributed by atoms with Gasteiger partial charge in [-0.25, -0.2) is 9.78 Å². The van der Waals surface area contributed by atoms with Gasteiger partial charge in [-0.05, 0) is 43.3 Å². The van der Waals surface area contributed by atoms with E-state index in [1.54, 1.807) is 47.4 Å². The van der Waals surface area contributed by atoms with Crippen LogP contribution < -0.4 is 15.6 Å². The first-order valence-electron chi connectivity index (χ1n) is 8.96. The monoisotopic (exact) mass is 400 g/mol. The maximum absolute atomic E-state index is 12.4. The number of aromatic amines is 1. The molecule has 28 heavy (non-hydrogen) atoms. The zero-order valence-electron chi connectivity index (χ0n) is 15.4. The standard InChI is InChI=1S/C20H21ClN4O3/c1-2-25(13-18-23-17-6-4-3-5-16(17)19(26)24-18)20(27)22-11-12-28-15-9-7-14(21)8-10-15/h3-10H,2,11-13H2,1H3,(H,22,27)(H,23,24,26). The highest BCUT2D eigenvalue weighted by Gasteiger charge is 2.14. The van der Waals surface area contributed by atoms with Crippen LogP contribution in [-0.4, -0.2) is 40.6 Å². The Bertz CT molecular complexity index is 1000. The van der Waals surface area contributed by atoms with Crippen LogP contribution >= 0.6 is 11.6 Å². The third kappa shape index (κ3) is 5.01. The van der Waals surface area contributed by atoms with Gasteiger partial charge in [0.2, 0.25) is 0 Å². The van der Waals surface area contributed by atoms with Crippen LogP contribution in [0.2, 0.25) is 5.02 Å². The van der Waals surface area contributed by atoms with Crippen LogP contribution in [0.4, 0.5) is 4.79 Å². The van der Waals surface area contributed by atoms with Crippen molar-refractivity contribution in [3.63, 3.8) is 0 Å². The number of H-pyrrole nitrogens is 1. The molecule has 8 heteroatoms. The van der Waals surface area contributed by atoms with Gasteiger partial charge in [-0.15, -0.1) is 0 Å². The van der Waals surface area contributed by atoms with Crippen LogP contribution in [0.25, 0.3) is 10.9 Å². The summed E-state index contributed by atoms with van der Waals surface area (Å²) in [5, 5.41) is 3.97. The second-order valence-electron chi connectivity index (χ2n) is 6.08. The van der Waals surface area contributed by atoms with Gasteiger partial charge in [-0.1, -0.05) is 23.7 Å². The van der Waals surface area contributed by atoms with Gasteiger partial charge in [0.15, 0.2) is 0 Å². The Kier molecular flexibility index (Phi) is 6.49. The topological polar surface area (TPSA) is 87.3 Å². The van der Waals surface area contributed by atoms with Crippen molar-refractivity contribution in [3.8, 4) is 5.75 Å². The minimum absolute atomic E-state index is 0.209. The highest BCUT2D eigenvalue weighted by atomic mass is 35.5. The number of benzene rings is 2.